The summed E-state index contributed by atoms with van der Waals surface area (Å²) in [6.45, 7) is 3.72. The Balaban J connectivity index is 0.912. The highest BCUT2D eigenvalue weighted by Crippen LogP contribution is 2.40. The molecule has 0 fully saturated rings. The molecule has 0 unspecified atom stereocenters. The highest BCUT2D eigenvalue weighted by molar-refractivity contribution is 7.33. The van der Waals surface area contributed by atoms with Crippen LogP contribution < -0.4 is 41.4 Å². The molecule has 86 heavy (non-hydrogen) atoms. The summed E-state index contributed by atoms with van der Waals surface area (Å²) in [7, 11) is 2.18. The van der Waals surface area contributed by atoms with Crippen molar-refractivity contribution in [1.29, 1.82) is 0 Å². The van der Waals surface area contributed by atoms with Crippen LogP contribution in [-0.4, -0.2) is 113 Å². The molecule has 0 saturated heterocycles. The van der Waals surface area contributed by atoms with Gasteiger partial charge in [-0.15, -0.1) is 0 Å². The topological polar surface area (TPSA) is 314 Å². The van der Waals surface area contributed by atoms with Gasteiger partial charge in [0.2, 0.25) is 11.9 Å². The lowest BCUT2D eigenvalue weighted by atomic mass is 10.1. The summed E-state index contributed by atoms with van der Waals surface area (Å²) in [5, 5.41) is 43.1. The molecule has 6 aromatic heterocycles. The number of carbonyl (C=O) groups excluding carboxylic acids is 2. The lowest BCUT2D eigenvalue weighted by Gasteiger charge is -2.17. The standard InChI is InChI=1S/C54H57F6N16O9P/c1-29-33(25-75(73-29)17-7-19-77)37-13-15-41(45(65-37)49(79)61-3)67-47-35(53(55,56)57)23-63-51(71-47)69-39-11-9-31(21-43(39)82-5)27-84-86(81)85-28-32-10-12-40(44(22-32)83-6)70-52-64-24-36(54(58,59)60)48(72-52)68-42-16-14-38(66-46(42)50(80)62-4)34-26-76(18-8-20-78)74-30(34)2/h9-16,21-26,77-78,86H,7-8,17-20,27-28H2,1-6H3,(H,61,79)(H,62,80)(H2,63,67,69,71)(H2,64,68,70,72). The van der Waals surface area contributed by atoms with Crippen LogP contribution in [0.4, 0.5) is 72.6 Å². The number of aliphatic hydroxyl groups is 2. The number of ether oxygens (including phenoxy) is 2. The molecular formula is C54H57F6N16O9P. The predicted octanol–water partition coefficient (Wildman–Crippen LogP) is 9.04. The number of hydrogen-bond acceptors (Lipinski definition) is 21. The van der Waals surface area contributed by atoms with Gasteiger partial charge in [-0.1, -0.05) is 12.1 Å². The third-order valence-corrected chi connectivity index (χ3v) is 13.4. The minimum absolute atomic E-state index is 0.0499. The Morgan fingerprint density at radius 2 is 0.977 bits per heavy atom. The zero-order chi connectivity index (χ0) is 61.9. The first-order valence-electron chi connectivity index (χ1n) is 26.0. The van der Waals surface area contributed by atoms with Gasteiger partial charge in [-0.3, -0.25) is 23.5 Å². The molecular weight excluding hydrogens is 1160 g/mol. The third kappa shape index (κ3) is 15.3. The molecule has 0 saturated carbocycles. The lowest BCUT2D eigenvalue weighted by Crippen LogP contribution is -2.21. The van der Waals surface area contributed by atoms with Crippen molar-refractivity contribution in [2.75, 3.05) is 62.8 Å². The second-order valence-electron chi connectivity index (χ2n) is 18.6. The smallest absolute Gasteiger partial charge is 0.421 e. The number of carbonyl (C=O) groups is 2. The van der Waals surface area contributed by atoms with Gasteiger partial charge < -0.3 is 60.6 Å². The number of alkyl halides is 6. The number of anilines is 8. The van der Waals surface area contributed by atoms with Gasteiger partial charge in [0.25, 0.3) is 11.8 Å². The summed E-state index contributed by atoms with van der Waals surface area (Å²) in [5.41, 5.74) is 1.07. The lowest BCUT2D eigenvalue weighted by molar-refractivity contribution is -0.138. The molecule has 0 bridgehead atoms. The average molecular weight is 1220 g/mol. The van der Waals surface area contributed by atoms with E-state index in [9.17, 15) is 50.7 Å². The Morgan fingerprint density at radius 3 is 1.34 bits per heavy atom. The maximum Gasteiger partial charge on any atom is 0.421 e. The molecule has 2 aromatic carbocycles. The molecule has 0 radical (unpaired) electrons. The molecule has 6 heterocycles. The molecule has 0 aliphatic carbocycles. The Labute approximate surface area is 486 Å². The van der Waals surface area contributed by atoms with Gasteiger partial charge in [0, 0.05) is 76.3 Å². The molecule has 0 spiro atoms. The number of nitrogens with zero attached hydrogens (tertiary/aromatic N) is 10. The van der Waals surface area contributed by atoms with Crippen LogP contribution >= 0.6 is 8.25 Å². The maximum atomic E-state index is 14.4. The molecule has 0 atom stereocenters. The monoisotopic (exact) mass is 1220 g/mol. The van der Waals surface area contributed by atoms with Gasteiger partial charge in [0.15, 0.2) is 11.4 Å². The normalized spacial score (nSPS) is 11.6. The fraction of sp³-hybridized carbons (Fsp3) is 0.296. The molecule has 8 aromatic rings. The zero-order valence-corrected chi connectivity index (χ0v) is 47.7. The molecule has 32 heteroatoms. The van der Waals surface area contributed by atoms with Crippen molar-refractivity contribution >= 4 is 66.4 Å². The number of pyridine rings is 2. The summed E-state index contributed by atoms with van der Waals surface area (Å²) in [6.07, 6.45) is -4.45. The summed E-state index contributed by atoms with van der Waals surface area (Å²) in [5.74, 6) is -3.07. The van der Waals surface area contributed by atoms with Crippen molar-refractivity contribution in [3.63, 3.8) is 0 Å². The molecule has 0 aliphatic heterocycles. The number of amides is 2. The number of methoxy groups -OCH3 is 2. The van der Waals surface area contributed by atoms with Gasteiger partial charge in [0.05, 0.1) is 73.0 Å². The van der Waals surface area contributed by atoms with Crippen molar-refractivity contribution in [3.05, 3.63) is 130 Å². The largest absolute Gasteiger partial charge is 0.495 e. The van der Waals surface area contributed by atoms with E-state index in [1.165, 1.54) is 76.8 Å². The number of nitrogens with one attached hydrogen (secondary N) is 6. The zero-order valence-electron chi connectivity index (χ0n) is 46.7. The highest BCUT2D eigenvalue weighted by Gasteiger charge is 2.37. The van der Waals surface area contributed by atoms with E-state index in [2.05, 4.69) is 72.0 Å². The fourth-order valence-electron chi connectivity index (χ4n) is 8.41. The number of rotatable bonds is 26. The minimum Gasteiger partial charge on any atom is -0.495 e. The third-order valence-electron chi connectivity index (χ3n) is 12.6. The Morgan fingerprint density at radius 1 is 0.581 bits per heavy atom. The van der Waals surface area contributed by atoms with Gasteiger partial charge in [-0.05, 0) is 86.3 Å². The first kappa shape index (κ1) is 62.7. The molecule has 2 amide bonds. The fourth-order valence-corrected chi connectivity index (χ4v) is 9.06. The predicted molar refractivity (Wildman–Crippen MR) is 302 cm³/mol. The summed E-state index contributed by atoms with van der Waals surface area (Å²) in [4.78, 5) is 51.1. The number of hydrogen-bond donors (Lipinski definition) is 8. The summed E-state index contributed by atoms with van der Waals surface area (Å²) < 4.78 is 125. The minimum atomic E-state index is -4.93. The first-order valence-corrected chi connectivity index (χ1v) is 27.2. The number of aryl methyl sites for hydroxylation is 4. The van der Waals surface area contributed by atoms with Crippen LogP contribution in [0.2, 0.25) is 0 Å². The number of aromatic nitrogens is 10. The van der Waals surface area contributed by atoms with Crippen molar-refractivity contribution in [2.45, 2.75) is 65.3 Å². The van der Waals surface area contributed by atoms with Gasteiger partial charge in [-0.2, -0.15) is 46.5 Å². The number of aliphatic hydroxyl groups excluding tert-OH is 2. The molecule has 8 N–H and O–H groups in total. The molecule has 8 rings (SSSR count). The van der Waals surface area contributed by atoms with Crippen molar-refractivity contribution in [2.24, 2.45) is 0 Å². The van der Waals surface area contributed by atoms with Crippen LogP contribution in [0.15, 0.2) is 85.5 Å². The van der Waals surface area contributed by atoms with Gasteiger partial charge >= 0.3 is 20.6 Å². The van der Waals surface area contributed by atoms with Crippen molar-refractivity contribution in [1.82, 2.24) is 60.1 Å². The van der Waals surface area contributed by atoms with Crippen LogP contribution in [0.1, 0.15) is 67.5 Å². The summed E-state index contributed by atoms with van der Waals surface area (Å²) >= 11 is 0. The van der Waals surface area contributed by atoms with Crippen molar-refractivity contribution in [3.8, 4) is 34.0 Å². The molecule has 454 valence electrons. The van der Waals surface area contributed by atoms with Crippen LogP contribution in [0, 0.1) is 13.8 Å². The van der Waals surface area contributed by atoms with Gasteiger partial charge in [-0.25, -0.2) is 19.9 Å². The number of halogens is 6. The average Bonchev–Trinajstić information content (AvgIpc) is 1.45. The van der Waals surface area contributed by atoms with Gasteiger partial charge in [0.1, 0.15) is 34.3 Å². The van der Waals surface area contributed by atoms with Crippen LogP contribution in [-0.2, 0) is 52.3 Å². The SMILES string of the molecule is CNC(=O)c1nc(-c2cn(CCCO)nc2C)ccc1Nc1nc(Nc2ccc(CO[PH](=O)OCc3ccc(Nc4ncc(C(F)(F)F)c(Nc5ccc(-c6cn(CCCO)nc6C)nc5C(=O)NC)n4)c(OC)c3)cc2OC)ncc1C(F)(F)F. The van der Waals surface area contributed by atoms with E-state index in [-0.39, 0.29) is 84.0 Å². The second-order valence-corrected chi connectivity index (χ2v) is 19.7. The van der Waals surface area contributed by atoms with E-state index >= 15 is 0 Å². The van der Waals surface area contributed by atoms with E-state index < -0.39 is 55.2 Å². The Bertz CT molecular complexity index is 3530. The van der Waals surface area contributed by atoms with Crippen LogP contribution in [0.25, 0.3) is 22.5 Å². The number of benzene rings is 2. The van der Waals surface area contributed by atoms with Crippen LogP contribution in [0.3, 0.4) is 0 Å². The van der Waals surface area contributed by atoms with E-state index in [0.29, 0.717) is 83.4 Å². The van der Waals surface area contributed by atoms with E-state index in [1.807, 2.05) is 0 Å². The first-order chi connectivity index (χ1) is 41.1. The summed E-state index contributed by atoms with van der Waals surface area (Å²) in [6, 6.07) is 14.9. The van der Waals surface area contributed by atoms with E-state index in [1.54, 1.807) is 47.7 Å². The van der Waals surface area contributed by atoms with E-state index in [0.717, 1.165) is 0 Å². The Kier molecular flexibility index (Phi) is 20.1. The maximum absolute atomic E-state index is 14.4. The van der Waals surface area contributed by atoms with Crippen molar-refractivity contribution < 1.29 is 69.2 Å². The highest BCUT2D eigenvalue weighted by atomic mass is 31.1. The second kappa shape index (κ2) is 27.6. The molecule has 0 aliphatic rings. The quantitative estimate of drug-likeness (QED) is 0.0185. The van der Waals surface area contributed by atoms with Crippen LogP contribution in [0.5, 0.6) is 11.5 Å². The Hall–Kier alpha value is -9.29. The molecule has 25 nitrogen and oxygen atoms in total. The van der Waals surface area contributed by atoms with E-state index in [4.69, 9.17) is 18.5 Å².